The Morgan fingerprint density at radius 3 is 2.68 bits per heavy atom. The summed E-state index contributed by atoms with van der Waals surface area (Å²) in [6.07, 6.45) is 4.27. The fourth-order valence-corrected chi connectivity index (χ4v) is 2.28. The van der Waals surface area contributed by atoms with Gasteiger partial charge in [-0.15, -0.1) is 0 Å². The molecule has 0 aliphatic heterocycles. The monoisotopic (exact) mass is 266 g/mol. The van der Waals surface area contributed by atoms with Crippen LogP contribution < -0.4 is 5.32 Å². The third-order valence-corrected chi connectivity index (χ3v) is 3.43. The van der Waals surface area contributed by atoms with Crippen LogP contribution in [0.5, 0.6) is 0 Å². The van der Waals surface area contributed by atoms with Crippen molar-refractivity contribution in [3.8, 4) is 0 Å². The van der Waals surface area contributed by atoms with Gasteiger partial charge in [-0.25, -0.2) is 0 Å². The van der Waals surface area contributed by atoms with Gasteiger partial charge in [0.1, 0.15) is 5.76 Å². The molecule has 1 aromatic rings. The van der Waals surface area contributed by atoms with Gasteiger partial charge in [-0.2, -0.15) is 0 Å². The standard InChI is InChI=1S/C16H30N2O/c1-6-7-17-10-15-9-16(19-12-15)11-18(5)14(4)8-13(2)3/h9,12-14,17H,6-8,10-11H2,1-5H3. The first kappa shape index (κ1) is 16.3. The molecule has 1 rings (SSSR count). The van der Waals surface area contributed by atoms with Crippen LogP contribution in [0, 0.1) is 5.92 Å². The van der Waals surface area contributed by atoms with Crippen molar-refractivity contribution < 1.29 is 4.42 Å². The highest BCUT2D eigenvalue weighted by molar-refractivity contribution is 5.12. The van der Waals surface area contributed by atoms with E-state index in [0.717, 1.165) is 31.3 Å². The summed E-state index contributed by atoms with van der Waals surface area (Å²) in [4.78, 5) is 2.36. The summed E-state index contributed by atoms with van der Waals surface area (Å²) in [7, 11) is 2.17. The molecule has 19 heavy (non-hydrogen) atoms. The van der Waals surface area contributed by atoms with E-state index in [1.807, 2.05) is 6.26 Å². The first-order valence-electron chi connectivity index (χ1n) is 7.50. The van der Waals surface area contributed by atoms with Crippen LogP contribution in [0.3, 0.4) is 0 Å². The van der Waals surface area contributed by atoms with Crippen molar-refractivity contribution in [2.24, 2.45) is 5.92 Å². The van der Waals surface area contributed by atoms with Gasteiger partial charge in [-0.1, -0.05) is 20.8 Å². The van der Waals surface area contributed by atoms with E-state index < -0.39 is 0 Å². The Labute approximate surface area is 118 Å². The molecule has 3 heteroatoms. The van der Waals surface area contributed by atoms with Crippen LogP contribution >= 0.6 is 0 Å². The second-order valence-corrected chi connectivity index (χ2v) is 5.99. The fraction of sp³-hybridized carbons (Fsp3) is 0.750. The van der Waals surface area contributed by atoms with E-state index in [1.54, 1.807) is 0 Å². The van der Waals surface area contributed by atoms with Gasteiger partial charge in [-0.3, -0.25) is 4.90 Å². The van der Waals surface area contributed by atoms with Gasteiger partial charge in [-0.05, 0) is 45.3 Å². The molecule has 0 bridgehead atoms. The quantitative estimate of drug-likeness (QED) is 0.692. The highest BCUT2D eigenvalue weighted by Gasteiger charge is 2.13. The summed E-state index contributed by atoms with van der Waals surface area (Å²) in [5.41, 5.74) is 1.24. The summed E-state index contributed by atoms with van der Waals surface area (Å²) in [6.45, 7) is 11.9. The Bertz CT molecular complexity index is 346. The maximum atomic E-state index is 5.64. The minimum atomic E-state index is 0.590. The highest BCUT2D eigenvalue weighted by atomic mass is 16.3. The lowest BCUT2D eigenvalue weighted by atomic mass is 10.0. The first-order valence-corrected chi connectivity index (χ1v) is 7.50. The second-order valence-electron chi connectivity index (χ2n) is 5.99. The van der Waals surface area contributed by atoms with E-state index in [1.165, 1.54) is 18.4 Å². The lowest BCUT2D eigenvalue weighted by Crippen LogP contribution is -2.29. The van der Waals surface area contributed by atoms with E-state index in [2.05, 4.69) is 51.0 Å². The zero-order chi connectivity index (χ0) is 14.3. The lowest BCUT2D eigenvalue weighted by molar-refractivity contribution is 0.205. The van der Waals surface area contributed by atoms with Gasteiger partial charge in [0, 0.05) is 18.2 Å². The molecule has 3 nitrogen and oxygen atoms in total. The Hall–Kier alpha value is -0.800. The average molecular weight is 266 g/mol. The molecular weight excluding hydrogens is 236 g/mol. The summed E-state index contributed by atoms with van der Waals surface area (Å²) in [5, 5.41) is 3.39. The molecule has 0 fully saturated rings. The molecule has 0 aliphatic carbocycles. The van der Waals surface area contributed by atoms with Crippen molar-refractivity contribution in [3.63, 3.8) is 0 Å². The normalized spacial score (nSPS) is 13.4. The Morgan fingerprint density at radius 2 is 2.05 bits per heavy atom. The molecule has 1 unspecified atom stereocenters. The third-order valence-electron chi connectivity index (χ3n) is 3.43. The van der Waals surface area contributed by atoms with Crippen LogP contribution in [0.2, 0.25) is 0 Å². The van der Waals surface area contributed by atoms with E-state index in [9.17, 15) is 0 Å². The van der Waals surface area contributed by atoms with Gasteiger partial charge < -0.3 is 9.73 Å². The molecule has 1 atom stereocenters. The molecule has 1 N–H and O–H groups in total. The van der Waals surface area contributed by atoms with Crippen LogP contribution in [-0.2, 0) is 13.1 Å². The molecule has 0 saturated heterocycles. The van der Waals surface area contributed by atoms with Gasteiger partial charge in [0.15, 0.2) is 0 Å². The van der Waals surface area contributed by atoms with Crippen molar-refractivity contribution in [1.82, 2.24) is 10.2 Å². The predicted molar refractivity (Wildman–Crippen MR) is 81.1 cm³/mol. The number of rotatable bonds is 9. The summed E-state index contributed by atoms with van der Waals surface area (Å²) in [6, 6.07) is 2.76. The number of hydrogen-bond donors (Lipinski definition) is 1. The molecule has 0 amide bonds. The Morgan fingerprint density at radius 1 is 1.32 bits per heavy atom. The topological polar surface area (TPSA) is 28.4 Å². The predicted octanol–water partition coefficient (Wildman–Crippen LogP) is 3.65. The molecule has 0 aliphatic rings. The molecular formula is C16H30N2O. The lowest BCUT2D eigenvalue weighted by Gasteiger charge is -2.25. The SMILES string of the molecule is CCCNCc1coc(CN(C)C(C)CC(C)C)c1. The maximum Gasteiger partial charge on any atom is 0.118 e. The van der Waals surface area contributed by atoms with Gasteiger partial charge >= 0.3 is 0 Å². The van der Waals surface area contributed by atoms with Crippen molar-refractivity contribution in [3.05, 3.63) is 23.7 Å². The molecule has 0 radical (unpaired) electrons. The molecule has 110 valence electrons. The zero-order valence-corrected chi connectivity index (χ0v) is 13.2. The van der Waals surface area contributed by atoms with E-state index in [0.29, 0.717) is 6.04 Å². The molecule has 1 heterocycles. The van der Waals surface area contributed by atoms with Crippen LogP contribution in [0.4, 0.5) is 0 Å². The first-order chi connectivity index (χ1) is 9.02. The number of nitrogens with one attached hydrogen (secondary N) is 1. The van der Waals surface area contributed by atoms with Crippen molar-refractivity contribution in [2.45, 2.75) is 59.7 Å². The number of furan rings is 1. The molecule has 0 spiro atoms. The average Bonchev–Trinajstić information content (AvgIpc) is 2.76. The minimum absolute atomic E-state index is 0.590. The summed E-state index contributed by atoms with van der Waals surface area (Å²) < 4.78 is 5.64. The van der Waals surface area contributed by atoms with Crippen molar-refractivity contribution >= 4 is 0 Å². The van der Waals surface area contributed by atoms with Crippen LogP contribution in [-0.4, -0.2) is 24.5 Å². The van der Waals surface area contributed by atoms with Crippen LogP contribution in [0.1, 0.15) is 51.9 Å². The fourth-order valence-electron chi connectivity index (χ4n) is 2.28. The number of nitrogens with zero attached hydrogens (tertiary/aromatic N) is 1. The highest BCUT2D eigenvalue weighted by Crippen LogP contribution is 2.15. The smallest absolute Gasteiger partial charge is 0.118 e. The second kappa shape index (κ2) is 8.39. The van der Waals surface area contributed by atoms with Gasteiger partial charge in [0.2, 0.25) is 0 Å². The van der Waals surface area contributed by atoms with Gasteiger partial charge in [0.05, 0.1) is 12.8 Å². The largest absolute Gasteiger partial charge is 0.468 e. The summed E-state index contributed by atoms with van der Waals surface area (Å²) in [5.74, 6) is 1.80. The van der Waals surface area contributed by atoms with Crippen LogP contribution in [0.15, 0.2) is 16.7 Å². The Balaban J connectivity index is 2.39. The maximum absolute atomic E-state index is 5.64. The van der Waals surface area contributed by atoms with Crippen molar-refractivity contribution in [1.29, 1.82) is 0 Å². The van der Waals surface area contributed by atoms with Crippen molar-refractivity contribution in [2.75, 3.05) is 13.6 Å². The van der Waals surface area contributed by atoms with E-state index in [4.69, 9.17) is 4.42 Å². The van der Waals surface area contributed by atoms with E-state index >= 15 is 0 Å². The Kier molecular flexibility index (Phi) is 7.17. The zero-order valence-electron chi connectivity index (χ0n) is 13.2. The summed E-state index contributed by atoms with van der Waals surface area (Å²) >= 11 is 0. The molecule has 0 aromatic carbocycles. The van der Waals surface area contributed by atoms with Gasteiger partial charge in [0.25, 0.3) is 0 Å². The third kappa shape index (κ3) is 6.26. The number of hydrogen-bond acceptors (Lipinski definition) is 3. The van der Waals surface area contributed by atoms with E-state index in [-0.39, 0.29) is 0 Å². The molecule has 0 saturated carbocycles. The van der Waals surface area contributed by atoms with Crippen LogP contribution in [0.25, 0.3) is 0 Å². The molecule has 1 aromatic heterocycles. The minimum Gasteiger partial charge on any atom is -0.468 e.